The molecule has 0 spiro atoms. The fourth-order valence-corrected chi connectivity index (χ4v) is 5.00. The van der Waals surface area contributed by atoms with Gasteiger partial charge in [-0.1, -0.05) is 43.7 Å². The van der Waals surface area contributed by atoms with E-state index in [4.69, 9.17) is 0 Å². The summed E-state index contributed by atoms with van der Waals surface area (Å²) in [5.41, 5.74) is 0.676. The van der Waals surface area contributed by atoms with E-state index in [-0.39, 0.29) is 36.2 Å². The topological polar surface area (TPSA) is 147 Å². The van der Waals surface area contributed by atoms with Gasteiger partial charge in [0.15, 0.2) is 0 Å². The van der Waals surface area contributed by atoms with E-state index in [0.717, 1.165) is 5.56 Å². The molecule has 0 bridgehead atoms. The van der Waals surface area contributed by atoms with Gasteiger partial charge in [-0.05, 0) is 24.5 Å². The van der Waals surface area contributed by atoms with E-state index < -0.39 is 33.6 Å². The van der Waals surface area contributed by atoms with Crippen molar-refractivity contribution in [2.75, 3.05) is 13.6 Å². The van der Waals surface area contributed by atoms with Crippen molar-refractivity contribution in [3.05, 3.63) is 41.7 Å². The SMILES string of the molecule is CNC(=O)[C@@H]1C[C@@H](O)CN1C(=O)[C@@H](n1cc(CNS(=O)(=O)c2ccc(C)cc2)nn1)C(C)(C)C. The van der Waals surface area contributed by atoms with Crippen molar-refractivity contribution >= 4 is 21.8 Å². The molecule has 3 N–H and O–H groups in total. The number of benzene rings is 1. The number of β-amino-alcohol motifs (C(OH)–C–C–N with tert-alkyl or cyclic N) is 1. The Labute approximate surface area is 199 Å². The highest BCUT2D eigenvalue weighted by Crippen LogP contribution is 2.34. The first-order chi connectivity index (χ1) is 15.8. The Kier molecular flexibility index (Phi) is 7.44. The molecule has 2 aromatic rings. The summed E-state index contributed by atoms with van der Waals surface area (Å²) in [5.74, 6) is -0.711. The summed E-state index contributed by atoms with van der Waals surface area (Å²) < 4.78 is 29.0. The fourth-order valence-electron chi connectivity index (χ4n) is 4.00. The molecule has 1 aliphatic rings. The van der Waals surface area contributed by atoms with E-state index in [0.29, 0.717) is 5.69 Å². The van der Waals surface area contributed by atoms with Gasteiger partial charge in [0.25, 0.3) is 0 Å². The first kappa shape index (κ1) is 25.8. The summed E-state index contributed by atoms with van der Waals surface area (Å²) in [4.78, 5) is 27.3. The van der Waals surface area contributed by atoms with Crippen molar-refractivity contribution in [2.24, 2.45) is 5.41 Å². The van der Waals surface area contributed by atoms with Gasteiger partial charge in [-0.2, -0.15) is 0 Å². The smallest absolute Gasteiger partial charge is 0.248 e. The van der Waals surface area contributed by atoms with Gasteiger partial charge in [-0.3, -0.25) is 9.59 Å². The first-order valence-corrected chi connectivity index (χ1v) is 12.5. The zero-order valence-electron chi connectivity index (χ0n) is 20.0. The molecule has 3 rings (SSSR count). The van der Waals surface area contributed by atoms with Crippen LogP contribution < -0.4 is 10.0 Å². The zero-order chi connectivity index (χ0) is 25.3. The van der Waals surface area contributed by atoms with Gasteiger partial charge in [0.1, 0.15) is 12.1 Å². The van der Waals surface area contributed by atoms with Crippen LogP contribution in [-0.4, -0.2) is 71.0 Å². The Hall–Kier alpha value is -2.83. The Balaban J connectivity index is 1.80. The lowest BCUT2D eigenvalue weighted by atomic mass is 9.85. The number of sulfonamides is 1. The van der Waals surface area contributed by atoms with Crippen molar-refractivity contribution in [1.82, 2.24) is 29.9 Å². The number of carbonyl (C=O) groups is 2. The average Bonchev–Trinajstić information content (AvgIpc) is 3.38. The van der Waals surface area contributed by atoms with Crippen LogP contribution in [0.2, 0.25) is 0 Å². The van der Waals surface area contributed by atoms with Gasteiger partial charge < -0.3 is 15.3 Å². The van der Waals surface area contributed by atoms with Gasteiger partial charge in [0.2, 0.25) is 21.8 Å². The average molecular weight is 493 g/mol. The molecular weight excluding hydrogens is 460 g/mol. The van der Waals surface area contributed by atoms with Gasteiger partial charge in [-0.15, -0.1) is 5.10 Å². The second kappa shape index (κ2) is 9.80. The van der Waals surface area contributed by atoms with Crippen LogP contribution in [0.15, 0.2) is 35.4 Å². The Morgan fingerprint density at radius 3 is 2.47 bits per heavy atom. The standard InChI is InChI=1S/C22H32N6O5S/c1-14-6-8-17(9-7-14)34(32,33)24-11-15-12-28(26-25-15)19(22(2,3)4)21(31)27-13-16(29)10-18(27)20(30)23-5/h6-9,12,16,18-19,24,29H,10-11,13H2,1-5H3,(H,23,30)/t16-,18+,19-/m1/s1. The largest absolute Gasteiger partial charge is 0.391 e. The number of aliphatic hydroxyl groups excluding tert-OH is 1. The van der Waals surface area contributed by atoms with Crippen molar-refractivity contribution in [1.29, 1.82) is 0 Å². The predicted octanol–water partition coefficient (Wildman–Crippen LogP) is 0.360. The van der Waals surface area contributed by atoms with Crippen LogP contribution in [0.5, 0.6) is 0 Å². The number of rotatable bonds is 7. The first-order valence-electron chi connectivity index (χ1n) is 11.0. The number of likely N-dealkylation sites (tertiary alicyclic amines) is 1. The highest BCUT2D eigenvalue weighted by atomic mass is 32.2. The molecule has 0 saturated carbocycles. The summed E-state index contributed by atoms with van der Waals surface area (Å²) in [5, 5.41) is 20.8. The summed E-state index contributed by atoms with van der Waals surface area (Å²) in [6.45, 7) is 7.38. The molecule has 1 aromatic heterocycles. The number of likely N-dealkylation sites (N-methyl/N-ethyl adjacent to an activating group) is 1. The molecular formula is C22H32N6O5S. The lowest BCUT2D eigenvalue weighted by Gasteiger charge is -2.34. The van der Waals surface area contributed by atoms with E-state index in [9.17, 15) is 23.1 Å². The third kappa shape index (κ3) is 5.62. The maximum absolute atomic E-state index is 13.5. The van der Waals surface area contributed by atoms with Crippen molar-refractivity contribution in [3.8, 4) is 0 Å². The molecule has 2 heterocycles. The molecule has 34 heavy (non-hydrogen) atoms. The molecule has 0 unspecified atom stereocenters. The number of carbonyl (C=O) groups excluding carboxylic acids is 2. The lowest BCUT2D eigenvalue weighted by molar-refractivity contribution is -0.144. The van der Waals surface area contributed by atoms with Crippen LogP contribution in [0.3, 0.4) is 0 Å². The zero-order valence-corrected chi connectivity index (χ0v) is 20.8. The van der Waals surface area contributed by atoms with Crippen molar-refractivity contribution in [3.63, 3.8) is 0 Å². The summed E-state index contributed by atoms with van der Waals surface area (Å²) in [6.07, 6.45) is 0.882. The van der Waals surface area contributed by atoms with E-state index in [1.54, 1.807) is 12.1 Å². The number of aromatic nitrogens is 3. The van der Waals surface area contributed by atoms with Crippen molar-refractivity contribution in [2.45, 2.75) is 63.7 Å². The maximum atomic E-state index is 13.5. The minimum Gasteiger partial charge on any atom is -0.391 e. The molecule has 1 aromatic carbocycles. The Morgan fingerprint density at radius 1 is 1.24 bits per heavy atom. The number of aryl methyl sites for hydroxylation is 1. The summed E-state index contributed by atoms with van der Waals surface area (Å²) in [6, 6.07) is 4.88. The van der Waals surface area contributed by atoms with Crippen LogP contribution in [-0.2, 0) is 26.2 Å². The number of nitrogens with zero attached hydrogens (tertiary/aromatic N) is 4. The third-order valence-electron chi connectivity index (χ3n) is 5.76. The molecule has 2 amide bonds. The molecule has 1 fully saturated rings. The minimum atomic E-state index is -3.74. The molecule has 1 saturated heterocycles. The van der Waals surface area contributed by atoms with E-state index in [1.165, 1.54) is 35.0 Å². The number of hydrogen-bond acceptors (Lipinski definition) is 7. The van der Waals surface area contributed by atoms with Crippen LogP contribution >= 0.6 is 0 Å². The molecule has 3 atom stereocenters. The second-order valence-electron chi connectivity index (χ2n) is 9.61. The fraction of sp³-hybridized carbons (Fsp3) is 0.545. The molecule has 0 radical (unpaired) electrons. The quantitative estimate of drug-likeness (QED) is 0.506. The predicted molar refractivity (Wildman–Crippen MR) is 124 cm³/mol. The maximum Gasteiger partial charge on any atom is 0.248 e. The molecule has 11 nitrogen and oxygen atoms in total. The summed E-state index contributed by atoms with van der Waals surface area (Å²) >= 11 is 0. The highest BCUT2D eigenvalue weighted by Gasteiger charge is 2.45. The monoisotopic (exact) mass is 492 g/mol. The normalized spacial score (nSPS) is 19.8. The van der Waals surface area contributed by atoms with E-state index >= 15 is 0 Å². The van der Waals surface area contributed by atoms with Crippen LogP contribution in [0.1, 0.15) is 44.5 Å². The van der Waals surface area contributed by atoms with Crippen LogP contribution in [0.4, 0.5) is 0 Å². The Morgan fingerprint density at radius 2 is 1.88 bits per heavy atom. The van der Waals surface area contributed by atoms with E-state index in [2.05, 4.69) is 20.4 Å². The van der Waals surface area contributed by atoms with Crippen LogP contribution in [0.25, 0.3) is 0 Å². The number of hydrogen-bond donors (Lipinski definition) is 3. The summed E-state index contributed by atoms with van der Waals surface area (Å²) in [7, 11) is -2.26. The highest BCUT2D eigenvalue weighted by molar-refractivity contribution is 7.89. The minimum absolute atomic E-state index is 0.0431. The number of nitrogens with one attached hydrogen (secondary N) is 2. The van der Waals surface area contributed by atoms with Gasteiger partial charge in [-0.25, -0.2) is 17.8 Å². The molecule has 0 aliphatic carbocycles. The van der Waals surface area contributed by atoms with Gasteiger partial charge in [0, 0.05) is 20.0 Å². The number of aliphatic hydroxyl groups is 1. The lowest BCUT2D eigenvalue weighted by Crippen LogP contribution is -2.49. The number of amides is 2. The van der Waals surface area contributed by atoms with Crippen molar-refractivity contribution < 1.29 is 23.1 Å². The second-order valence-corrected chi connectivity index (χ2v) is 11.4. The molecule has 12 heteroatoms. The van der Waals surface area contributed by atoms with Gasteiger partial charge >= 0.3 is 0 Å². The van der Waals surface area contributed by atoms with Gasteiger partial charge in [0.05, 0.1) is 29.4 Å². The van der Waals surface area contributed by atoms with Crippen LogP contribution in [0, 0.1) is 12.3 Å². The molecule has 186 valence electrons. The Bertz CT molecular complexity index is 1140. The molecule has 1 aliphatic heterocycles. The van der Waals surface area contributed by atoms with E-state index in [1.807, 2.05) is 27.7 Å². The third-order valence-corrected chi connectivity index (χ3v) is 7.18.